The molecule has 0 spiro atoms. The molecule has 0 atom stereocenters. The van der Waals surface area contributed by atoms with Crippen molar-refractivity contribution < 1.29 is 19.1 Å². The summed E-state index contributed by atoms with van der Waals surface area (Å²) in [5, 5.41) is 8.80. The van der Waals surface area contributed by atoms with Gasteiger partial charge in [0.25, 0.3) is 0 Å². The molecule has 0 radical (unpaired) electrons. The van der Waals surface area contributed by atoms with Gasteiger partial charge in [0, 0.05) is 0 Å². The normalized spacial score (nSPS) is 9.64. The van der Waals surface area contributed by atoms with Gasteiger partial charge in [-0.2, -0.15) is 5.26 Å². The van der Waals surface area contributed by atoms with Gasteiger partial charge in [0.05, 0.1) is 29.9 Å². The minimum Gasteiger partial charge on any atom is -0.465 e. The van der Waals surface area contributed by atoms with Crippen LogP contribution in [0.3, 0.4) is 0 Å². The van der Waals surface area contributed by atoms with Crippen molar-refractivity contribution in [3.63, 3.8) is 0 Å². The van der Waals surface area contributed by atoms with Crippen molar-refractivity contribution in [1.29, 1.82) is 5.26 Å². The van der Waals surface area contributed by atoms with E-state index in [0.29, 0.717) is 16.7 Å². The lowest BCUT2D eigenvalue weighted by atomic mass is 10.1. The highest BCUT2D eigenvalue weighted by molar-refractivity contribution is 5.90. The summed E-state index contributed by atoms with van der Waals surface area (Å²) >= 11 is 0. The molecule has 0 aliphatic rings. The van der Waals surface area contributed by atoms with Crippen LogP contribution in [-0.2, 0) is 16.1 Å². The van der Waals surface area contributed by atoms with Crippen molar-refractivity contribution in [2.45, 2.75) is 6.61 Å². The van der Waals surface area contributed by atoms with E-state index in [1.807, 2.05) is 6.07 Å². The summed E-state index contributed by atoms with van der Waals surface area (Å²) in [5.74, 6) is -0.925. The molecule has 0 saturated carbocycles. The summed E-state index contributed by atoms with van der Waals surface area (Å²) in [4.78, 5) is 23.2. The van der Waals surface area contributed by atoms with Gasteiger partial charge in [-0.15, -0.1) is 0 Å². The van der Waals surface area contributed by atoms with Crippen LogP contribution in [0.4, 0.5) is 0 Å². The molecule has 0 aromatic heterocycles. The van der Waals surface area contributed by atoms with E-state index in [4.69, 9.17) is 10.00 Å². The van der Waals surface area contributed by atoms with Crippen molar-refractivity contribution in [1.82, 2.24) is 0 Å². The Morgan fingerprint density at radius 2 is 1.77 bits per heavy atom. The van der Waals surface area contributed by atoms with Gasteiger partial charge in [-0.25, -0.2) is 9.59 Å². The summed E-state index contributed by atoms with van der Waals surface area (Å²) in [5.41, 5.74) is 1.90. The van der Waals surface area contributed by atoms with Crippen molar-refractivity contribution in [2.75, 3.05) is 7.11 Å². The Morgan fingerprint density at radius 1 is 1.05 bits per heavy atom. The van der Waals surface area contributed by atoms with Crippen LogP contribution in [0.2, 0.25) is 0 Å². The van der Waals surface area contributed by atoms with E-state index in [2.05, 4.69) is 4.74 Å². The molecule has 110 valence electrons. The SMILES string of the molecule is COC(=O)c1ccc(COC(=O)c2cccc(C#N)c2)cc1. The molecule has 0 heterocycles. The van der Waals surface area contributed by atoms with Crippen LogP contribution in [0, 0.1) is 11.3 Å². The van der Waals surface area contributed by atoms with Crippen molar-refractivity contribution in [3.8, 4) is 6.07 Å². The number of carbonyl (C=O) groups excluding carboxylic acids is 2. The number of esters is 2. The molecule has 0 aliphatic carbocycles. The smallest absolute Gasteiger partial charge is 0.338 e. The molecule has 0 aliphatic heterocycles. The zero-order valence-electron chi connectivity index (χ0n) is 11.9. The predicted octanol–water partition coefficient (Wildman–Crippen LogP) is 2.70. The van der Waals surface area contributed by atoms with Crippen LogP contribution in [-0.4, -0.2) is 19.0 Å². The van der Waals surface area contributed by atoms with Gasteiger partial charge < -0.3 is 9.47 Å². The standard InChI is InChI=1S/C17H13NO4/c1-21-16(19)14-7-5-12(6-8-14)11-22-17(20)15-4-2-3-13(9-15)10-18/h2-9H,11H2,1H3. The van der Waals surface area contributed by atoms with Gasteiger partial charge in [-0.05, 0) is 35.9 Å². The quantitative estimate of drug-likeness (QED) is 0.810. The first-order valence-corrected chi connectivity index (χ1v) is 6.48. The maximum Gasteiger partial charge on any atom is 0.338 e. The number of hydrogen-bond acceptors (Lipinski definition) is 5. The van der Waals surface area contributed by atoms with Crippen LogP contribution < -0.4 is 0 Å². The highest BCUT2D eigenvalue weighted by Crippen LogP contribution is 2.10. The van der Waals surface area contributed by atoms with Gasteiger partial charge in [0.1, 0.15) is 6.61 Å². The molecule has 2 rings (SSSR count). The zero-order valence-corrected chi connectivity index (χ0v) is 11.9. The second-order valence-corrected chi connectivity index (χ2v) is 4.46. The molecular formula is C17H13NO4. The molecule has 0 unspecified atom stereocenters. The number of carbonyl (C=O) groups is 2. The summed E-state index contributed by atoms with van der Waals surface area (Å²) in [7, 11) is 1.31. The van der Waals surface area contributed by atoms with E-state index in [9.17, 15) is 9.59 Å². The molecule has 0 N–H and O–H groups in total. The third-order valence-corrected chi connectivity index (χ3v) is 2.97. The van der Waals surface area contributed by atoms with Gasteiger partial charge in [-0.3, -0.25) is 0 Å². The lowest BCUT2D eigenvalue weighted by Crippen LogP contribution is -2.06. The highest BCUT2D eigenvalue weighted by atomic mass is 16.5. The Labute approximate surface area is 127 Å². The number of nitrogens with zero attached hydrogens (tertiary/aromatic N) is 1. The number of nitriles is 1. The molecular weight excluding hydrogens is 282 g/mol. The summed E-state index contributed by atoms with van der Waals surface area (Å²) in [6.45, 7) is 0.0804. The first kappa shape index (κ1) is 15.3. The van der Waals surface area contributed by atoms with Crippen LogP contribution in [0.15, 0.2) is 48.5 Å². The predicted molar refractivity (Wildman–Crippen MR) is 78.1 cm³/mol. The second kappa shape index (κ2) is 7.04. The second-order valence-electron chi connectivity index (χ2n) is 4.46. The van der Waals surface area contributed by atoms with Crippen LogP contribution in [0.5, 0.6) is 0 Å². The van der Waals surface area contributed by atoms with Gasteiger partial charge >= 0.3 is 11.9 Å². The Kier molecular flexibility index (Phi) is 4.89. The molecule has 5 heteroatoms. The molecule has 5 nitrogen and oxygen atoms in total. The molecule has 0 amide bonds. The fraction of sp³-hybridized carbons (Fsp3) is 0.118. The largest absolute Gasteiger partial charge is 0.465 e. The average molecular weight is 295 g/mol. The lowest BCUT2D eigenvalue weighted by Gasteiger charge is -2.06. The summed E-state index contributed by atoms with van der Waals surface area (Å²) in [6.07, 6.45) is 0. The van der Waals surface area contributed by atoms with E-state index in [0.717, 1.165) is 5.56 Å². The number of ether oxygens (including phenoxy) is 2. The van der Waals surface area contributed by atoms with Crippen LogP contribution >= 0.6 is 0 Å². The number of rotatable bonds is 4. The Balaban J connectivity index is 1.99. The summed E-state index contributed by atoms with van der Waals surface area (Å²) in [6, 6.07) is 14.8. The molecule has 0 saturated heterocycles. The lowest BCUT2D eigenvalue weighted by molar-refractivity contribution is 0.0471. The molecule has 2 aromatic carbocycles. The topological polar surface area (TPSA) is 76.4 Å². The highest BCUT2D eigenvalue weighted by Gasteiger charge is 2.09. The van der Waals surface area contributed by atoms with Crippen molar-refractivity contribution in [2.24, 2.45) is 0 Å². The van der Waals surface area contributed by atoms with E-state index < -0.39 is 11.9 Å². The average Bonchev–Trinajstić information content (AvgIpc) is 2.59. The number of benzene rings is 2. The monoisotopic (exact) mass is 295 g/mol. The van der Waals surface area contributed by atoms with E-state index in [1.165, 1.54) is 13.2 Å². The van der Waals surface area contributed by atoms with Gasteiger partial charge in [-0.1, -0.05) is 18.2 Å². The molecule has 22 heavy (non-hydrogen) atoms. The molecule has 2 aromatic rings. The minimum atomic E-state index is -0.505. The minimum absolute atomic E-state index is 0.0804. The van der Waals surface area contributed by atoms with Gasteiger partial charge in [0.15, 0.2) is 0 Å². The third-order valence-electron chi connectivity index (χ3n) is 2.97. The first-order valence-electron chi connectivity index (χ1n) is 6.48. The van der Waals surface area contributed by atoms with Gasteiger partial charge in [0.2, 0.25) is 0 Å². The van der Waals surface area contributed by atoms with Crippen molar-refractivity contribution >= 4 is 11.9 Å². The molecule has 0 fully saturated rings. The maximum atomic E-state index is 11.9. The zero-order chi connectivity index (χ0) is 15.9. The fourth-order valence-corrected chi connectivity index (χ4v) is 1.80. The number of methoxy groups -OCH3 is 1. The Hall–Kier alpha value is -3.13. The maximum absolute atomic E-state index is 11.9. The summed E-state index contributed by atoms with van der Waals surface area (Å²) < 4.78 is 9.78. The number of hydrogen-bond donors (Lipinski definition) is 0. The van der Waals surface area contributed by atoms with Crippen LogP contribution in [0.25, 0.3) is 0 Å². The Bertz CT molecular complexity index is 729. The first-order chi connectivity index (χ1) is 10.6. The third kappa shape index (κ3) is 3.70. The van der Waals surface area contributed by atoms with E-state index in [1.54, 1.807) is 42.5 Å². The fourth-order valence-electron chi connectivity index (χ4n) is 1.80. The van der Waals surface area contributed by atoms with Crippen LogP contribution in [0.1, 0.15) is 31.8 Å². The molecule has 0 bridgehead atoms. The Morgan fingerprint density at radius 3 is 2.41 bits per heavy atom. The van der Waals surface area contributed by atoms with E-state index in [-0.39, 0.29) is 6.61 Å². The van der Waals surface area contributed by atoms with Crippen molar-refractivity contribution in [3.05, 3.63) is 70.8 Å². The van der Waals surface area contributed by atoms with E-state index >= 15 is 0 Å².